The molecule has 100 valence electrons. The number of aliphatic imine (C=N–C) groups is 1. The molecule has 0 aromatic heterocycles. The third kappa shape index (κ3) is 3.74. The Bertz CT molecular complexity index is 459. The smallest absolute Gasteiger partial charge is 0.335 e. The van der Waals surface area contributed by atoms with Crippen LogP contribution in [0.1, 0.15) is 28.4 Å². The summed E-state index contributed by atoms with van der Waals surface area (Å²) in [5, 5.41) is 8.99. The molecule has 0 heterocycles. The van der Waals surface area contributed by atoms with E-state index in [4.69, 9.17) is 5.11 Å². The van der Waals surface area contributed by atoms with Gasteiger partial charge in [-0.2, -0.15) is 0 Å². The van der Waals surface area contributed by atoms with Crippen LogP contribution < -0.4 is 0 Å². The van der Waals surface area contributed by atoms with Crippen LogP contribution in [0.4, 0.5) is 5.69 Å². The number of nitrogens with zero attached hydrogens (tertiary/aromatic N) is 2. The molecular formula is C13H19ClN2O2. The largest absolute Gasteiger partial charge is 0.478 e. The Labute approximate surface area is 114 Å². The zero-order valence-electron chi connectivity index (χ0n) is 11.1. The first-order chi connectivity index (χ1) is 7.97. The normalized spacial score (nSPS) is 10.2. The zero-order chi connectivity index (χ0) is 13.0. The van der Waals surface area contributed by atoms with E-state index in [9.17, 15) is 4.79 Å². The van der Waals surface area contributed by atoms with Crippen LogP contribution in [0.3, 0.4) is 0 Å². The van der Waals surface area contributed by atoms with Crippen molar-refractivity contribution in [2.75, 3.05) is 13.6 Å². The Morgan fingerprint density at radius 2 is 2.00 bits per heavy atom. The molecule has 0 radical (unpaired) electrons. The quantitative estimate of drug-likeness (QED) is 0.676. The van der Waals surface area contributed by atoms with Crippen molar-refractivity contribution in [1.82, 2.24) is 4.90 Å². The topological polar surface area (TPSA) is 52.9 Å². The molecule has 0 fully saturated rings. The van der Waals surface area contributed by atoms with Gasteiger partial charge in [0.25, 0.3) is 0 Å². The Hall–Kier alpha value is -1.55. The van der Waals surface area contributed by atoms with E-state index < -0.39 is 5.97 Å². The van der Waals surface area contributed by atoms with Crippen LogP contribution in [-0.2, 0) is 0 Å². The number of benzene rings is 1. The minimum Gasteiger partial charge on any atom is -0.478 e. The lowest BCUT2D eigenvalue weighted by Gasteiger charge is -2.10. The van der Waals surface area contributed by atoms with E-state index in [0.29, 0.717) is 5.56 Å². The van der Waals surface area contributed by atoms with Gasteiger partial charge in [-0.15, -0.1) is 12.4 Å². The summed E-state index contributed by atoms with van der Waals surface area (Å²) in [4.78, 5) is 17.3. The molecule has 0 spiro atoms. The fourth-order valence-corrected chi connectivity index (χ4v) is 1.42. The number of hydrogen-bond donors (Lipinski definition) is 1. The van der Waals surface area contributed by atoms with Crippen LogP contribution in [0.15, 0.2) is 17.1 Å². The van der Waals surface area contributed by atoms with Crippen LogP contribution in [0.25, 0.3) is 0 Å². The molecule has 0 amide bonds. The first-order valence-electron chi connectivity index (χ1n) is 5.55. The van der Waals surface area contributed by atoms with Crippen LogP contribution >= 0.6 is 12.4 Å². The molecular weight excluding hydrogens is 252 g/mol. The summed E-state index contributed by atoms with van der Waals surface area (Å²) < 4.78 is 0. The van der Waals surface area contributed by atoms with E-state index in [2.05, 4.69) is 4.99 Å². The number of carbonyl (C=O) groups is 1. The first-order valence-corrected chi connectivity index (χ1v) is 5.55. The maximum absolute atomic E-state index is 11.0. The van der Waals surface area contributed by atoms with Gasteiger partial charge in [-0.3, -0.25) is 0 Å². The maximum atomic E-state index is 11.0. The second kappa shape index (κ2) is 7.01. The van der Waals surface area contributed by atoms with Gasteiger partial charge in [0.2, 0.25) is 0 Å². The van der Waals surface area contributed by atoms with Gasteiger partial charge in [-0.25, -0.2) is 9.79 Å². The fourth-order valence-electron chi connectivity index (χ4n) is 1.42. The zero-order valence-corrected chi connectivity index (χ0v) is 11.9. The van der Waals surface area contributed by atoms with Gasteiger partial charge >= 0.3 is 5.97 Å². The van der Waals surface area contributed by atoms with Crippen molar-refractivity contribution in [1.29, 1.82) is 0 Å². The van der Waals surface area contributed by atoms with Crippen molar-refractivity contribution < 1.29 is 9.90 Å². The molecule has 1 N–H and O–H groups in total. The van der Waals surface area contributed by atoms with E-state index in [1.807, 2.05) is 25.8 Å². The lowest BCUT2D eigenvalue weighted by Crippen LogP contribution is -2.14. The lowest BCUT2D eigenvalue weighted by molar-refractivity contribution is 0.0696. The molecule has 4 nitrogen and oxygen atoms in total. The summed E-state index contributed by atoms with van der Waals surface area (Å²) in [6.45, 7) is 6.62. The molecule has 0 aliphatic heterocycles. The predicted octanol–water partition coefficient (Wildman–Crippen LogP) is 3.03. The number of rotatable bonds is 4. The first kappa shape index (κ1) is 16.4. The number of halogens is 1. The van der Waals surface area contributed by atoms with E-state index in [0.717, 1.165) is 23.4 Å². The summed E-state index contributed by atoms with van der Waals surface area (Å²) in [7, 11) is 1.94. The van der Waals surface area contributed by atoms with Crippen LogP contribution in [0.5, 0.6) is 0 Å². The molecule has 18 heavy (non-hydrogen) atoms. The number of carboxylic acid groups (broad SMARTS) is 1. The van der Waals surface area contributed by atoms with Crippen molar-refractivity contribution >= 4 is 30.4 Å². The molecule has 0 saturated carbocycles. The molecule has 1 aromatic carbocycles. The third-order valence-electron chi connectivity index (χ3n) is 2.88. The maximum Gasteiger partial charge on any atom is 0.335 e. The highest BCUT2D eigenvalue weighted by molar-refractivity contribution is 5.90. The summed E-state index contributed by atoms with van der Waals surface area (Å²) >= 11 is 0. The van der Waals surface area contributed by atoms with E-state index in [1.54, 1.807) is 25.4 Å². The van der Waals surface area contributed by atoms with Crippen molar-refractivity contribution in [2.45, 2.75) is 20.8 Å². The average Bonchev–Trinajstić information content (AvgIpc) is 2.30. The summed E-state index contributed by atoms with van der Waals surface area (Å²) in [6, 6.07) is 3.34. The fraction of sp³-hybridized carbons (Fsp3) is 0.385. The van der Waals surface area contributed by atoms with Gasteiger partial charge in [0.15, 0.2) is 0 Å². The number of hydrogen-bond acceptors (Lipinski definition) is 2. The minimum atomic E-state index is -0.896. The molecule has 0 aliphatic carbocycles. The Balaban J connectivity index is 0.00000289. The predicted molar refractivity (Wildman–Crippen MR) is 76.6 cm³/mol. The Morgan fingerprint density at radius 3 is 2.50 bits per heavy atom. The van der Waals surface area contributed by atoms with Crippen molar-refractivity contribution in [3.63, 3.8) is 0 Å². The monoisotopic (exact) mass is 270 g/mol. The Morgan fingerprint density at radius 1 is 1.39 bits per heavy atom. The van der Waals surface area contributed by atoms with Crippen molar-refractivity contribution in [3.05, 3.63) is 28.8 Å². The highest BCUT2D eigenvalue weighted by Crippen LogP contribution is 2.24. The molecule has 5 heteroatoms. The standard InChI is InChI=1S/C13H18N2O2.ClH/c1-5-15(4)8-14-12-7-6-11(13(16)17)9(2)10(12)3;/h6-8H,5H2,1-4H3,(H,16,17);1H. The van der Waals surface area contributed by atoms with E-state index >= 15 is 0 Å². The molecule has 0 atom stereocenters. The summed E-state index contributed by atoms with van der Waals surface area (Å²) in [6.07, 6.45) is 1.75. The van der Waals surface area contributed by atoms with Crippen LogP contribution in [-0.4, -0.2) is 35.9 Å². The Kier molecular flexibility index (Phi) is 6.41. The average molecular weight is 271 g/mol. The van der Waals surface area contributed by atoms with Gasteiger partial charge < -0.3 is 10.0 Å². The van der Waals surface area contributed by atoms with Crippen molar-refractivity contribution in [2.24, 2.45) is 4.99 Å². The van der Waals surface area contributed by atoms with E-state index in [-0.39, 0.29) is 12.4 Å². The summed E-state index contributed by atoms with van der Waals surface area (Å²) in [5.74, 6) is -0.896. The highest BCUT2D eigenvalue weighted by Gasteiger charge is 2.10. The SMILES string of the molecule is CCN(C)C=Nc1ccc(C(=O)O)c(C)c1C.Cl. The van der Waals surface area contributed by atoms with Crippen LogP contribution in [0.2, 0.25) is 0 Å². The van der Waals surface area contributed by atoms with Crippen molar-refractivity contribution in [3.8, 4) is 0 Å². The summed E-state index contributed by atoms with van der Waals surface area (Å²) in [5.41, 5.74) is 2.83. The van der Waals surface area contributed by atoms with Gasteiger partial charge in [-0.05, 0) is 44.0 Å². The van der Waals surface area contributed by atoms with Gasteiger partial charge in [0.05, 0.1) is 17.6 Å². The van der Waals surface area contributed by atoms with Gasteiger partial charge in [0.1, 0.15) is 0 Å². The number of carboxylic acids is 1. The van der Waals surface area contributed by atoms with E-state index in [1.165, 1.54) is 0 Å². The van der Waals surface area contributed by atoms with Crippen LogP contribution in [0, 0.1) is 13.8 Å². The lowest BCUT2D eigenvalue weighted by atomic mass is 10.0. The molecule has 0 saturated heterocycles. The minimum absolute atomic E-state index is 0. The van der Waals surface area contributed by atoms with Gasteiger partial charge in [-0.1, -0.05) is 0 Å². The molecule has 0 aliphatic rings. The number of aromatic carboxylic acids is 1. The highest BCUT2D eigenvalue weighted by atomic mass is 35.5. The third-order valence-corrected chi connectivity index (χ3v) is 2.88. The second-order valence-electron chi connectivity index (χ2n) is 4.01. The molecule has 1 aromatic rings. The molecule has 0 bridgehead atoms. The molecule has 0 unspecified atom stereocenters. The second-order valence-corrected chi connectivity index (χ2v) is 4.01. The van der Waals surface area contributed by atoms with Gasteiger partial charge in [0, 0.05) is 13.6 Å². The molecule has 1 rings (SSSR count).